The van der Waals surface area contributed by atoms with Crippen LogP contribution in [0, 0.1) is 0 Å². The van der Waals surface area contributed by atoms with Crippen molar-refractivity contribution in [3.8, 4) is 0 Å². The average Bonchev–Trinajstić information content (AvgIpc) is 2.59. The van der Waals surface area contributed by atoms with Crippen LogP contribution in [-0.4, -0.2) is 35.9 Å². The highest BCUT2D eigenvalue weighted by atomic mass is 35.5. The Balaban J connectivity index is 1.90. The van der Waals surface area contributed by atoms with Crippen LogP contribution in [0.4, 0.5) is 5.69 Å². The third kappa shape index (κ3) is 6.82. The Kier molecular flexibility index (Phi) is 7.59. The number of hydrogen-bond donors (Lipinski definition) is 2. The Bertz CT molecular complexity index is 834. The molecule has 2 aromatic rings. The predicted octanol–water partition coefficient (Wildman–Crippen LogP) is 4.14. The minimum atomic E-state index is -0.407. The number of carbonyl (C=O) groups excluding carboxylic acids is 2. The summed E-state index contributed by atoms with van der Waals surface area (Å²) >= 11 is 17.0. The number of carbonyl (C=O) groups is 2. The van der Waals surface area contributed by atoms with Gasteiger partial charge in [-0.2, -0.15) is 0 Å². The first-order chi connectivity index (χ1) is 12.7. The third-order valence-corrected chi connectivity index (χ3v) is 4.33. The number of aryl methyl sites for hydroxylation is 1. The maximum absolute atomic E-state index is 12.2. The molecule has 0 radical (unpaired) electrons. The number of amides is 2. The van der Waals surface area contributed by atoms with Crippen LogP contribution in [0.1, 0.15) is 22.3 Å². The van der Waals surface area contributed by atoms with Crippen molar-refractivity contribution in [3.05, 3.63) is 63.6 Å². The number of thiocarbonyl (C=S) groups is 1. The lowest BCUT2D eigenvalue weighted by Crippen LogP contribution is -2.34. The Morgan fingerprint density at radius 3 is 2.19 bits per heavy atom. The molecule has 2 amide bonds. The molecule has 0 bridgehead atoms. The van der Waals surface area contributed by atoms with Gasteiger partial charge >= 0.3 is 0 Å². The second-order valence-electron chi connectivity index (χ2n) is 6.05. The van der Waals surface area contributed by atoms with Gasteiger partial charge in [0.15, 0.2) is 5.11 Å². The second kappa shape index (κ2) is 9.69. The second-order valence-corrected chi connectivity index (χ2v) is 7.33. The maximum Gasteiger partial charge on any atom is 0.257 e. The quantitative estimate of drug-likeness (QED) is 0.709. The number of rotatable bonds is 5. The molecule has 5 nitrogen and oxygen atoms in total. The predicted molar refractivity (Wildman–Crippen MR) is 114 cm³/mol. The van der Waals surface area contributed by atoms with E-state index in [1.807, 2.05) is 24.3 Å². The fourth-order valence-corrected chi connectivity index (χ4v) is 2.99. The van der Waals surface area contributed by atoms with Gasteiger partial charge in [-0.05, 0) is 54.5 Å². The lowest BCUT2D eigenvalue weighted by Gasteiger charge is -2.11. The number of hydrogen-bond acceptors (Lipinski definition) is 3. The minimum Gasteiger partial charge on any atom is -0.349 e. The first-order valence-corrected chi connectivity index (χ1v) is 9.28. The van der Waals surface area contributed by atoms with E-state index in [4.69, 9.17) is 35.4 Å². The Hall–Kier alpha value is -2.15. The summed E-state index contributed by atoms with van der Waals surface area (Å²) < 4.78 is 0. The molecule has 0 atom stereocenters. The van der Waals surface area contributed by atoms with Crippen molar-refractivity contribution in [2.75, 3.05) is 19.4 Å². The van der Waals surface area contributed by atoms with E-state index in [9.17, 15) is 9.59 Å². The van der Waals surface area contributed by atoms with Crippen LogP contribution in [0.3, 0.4) is 0 Å². The van der Waals surface area contributed by atoms with Gasteiger partial charge in [0, 0.05) is 41.8 Å². The Morgan fingerprint density at radius 2 is 1.63 bits per heavy atom. The molecule has 0 aliphatic rings. The van der Waals surface area contributed by atoms with Crippen molar-refractivity contribution < 1.29 is 9.59 Å². The first-order valence-electron chi connectivity index (χ1n) is 8.12. The van der Waals surface area contributed by atoms with Crippen LogP contribution in [0.25, 0.3) is 0 Å². The lowest BCUT2D eigenvalue weighted by atomic mass is 10.1. The molecule has 2 aromatic carbocycles. The Labute approximate surface area is 173 Å². The zero-order valence-electron chi connectivity index (χ0n) is 14.9. The fourth-order valence-electron chi connectivity index (χ4n) is 2.25. The van der Waals surface area contributed by atoms with Gasteiger partial charge in [-0.15, -0.1) is 0 Å². The molecule has 142 valence electrons. The molecule has 0 aromatic heterocycles. The lowest BCUT2D eigenvalue weighted by molar-refractivity contribution is -0.128. The zero-order chi connectivity index (χ0) is 20.0. The number of anilines is 1. The van der Waals surface area contributed by atoms with Crippen LogP contribution < -0.4 is 10.6 Å². The van der Waals surface area contributed by atoms with E-state index in [0.717, 1.165) is 11.3 Å². The number of halogens is 2. The van der Waals surface area contributed by atoms with Crippen LogP contribution in [-0.2, 0) is 11.2 Å². The van der Waals surface area contributed by atoms with Crippen molar-refractivity contribution in [2.45, 2.75) is 12.8 Å². The van der Waals surface area contributed by atoms with Gasteiger partial charge in [0.25, 0.3) is 5.91 Å². The van der Waals surface area contributed by atoms with E-state index < -0.39 is 5.91 Å². The molecule has 0 saturated carbocycles. The van der Waals surface area contributed by atoms with Gasteiger partial charge in [0.1, 0.15) is 0 Å². The summed E-state index contributed by atoms with van der Waals surface area (Å²) in [6.07, 6.45) is 1.12. The molecule has 0 spiro atoms. The van der Waals surface area contributed by atoms with Gasteiger partial charge < -0.3 is 10.2 Å². The van der Waals surface area contributed by atoms with E-state index in [1.54, 1.807) is 25.1 Å². The van der Waals surface area contributed by atoms with E-state index in [2.05, 4.69) is 10.6 Å². The molecular formula is C19H19Cl2N3O2S. The summed E-state index contributed by atoms with van der Waals surface area (Å²) in [6, 6.07) is 12.1. The molecule has 2 rings (SSSR count). The third-order valence-electron chi connectivity index (χ3n) is 3.69. The summed E-state index contributed by atoms with van der Waals surface area (Å²) in [5, 5.41) is 6.42. The van der Waals surface area contributed by atoms with Crippen molar-refractivity contribution in [3.63, 3.8) is 0 Å². The molecule has 0 aliphatic heterocycles. The standard InChI is InChI=1S/C19H19Cl2N3O2S/c1-24(2)17(25)8-5-12-3-6-16(7-4-12)22-19(27)23-18(26)13-9-14(20)11-15(21)10-13/h3-4,6-7,9-11H,5,8H2,1-2H3,(H2,22,23,26,27). The summed E-state index contributed by atoms with van der Waals surface area (Å²) in [5.74, 6) is -0.321. The Morgan fingerprint density at radius 1 is 1.04 bits per heavy atom. The summed E-state index contributed by atoms with van der Waals surface area (Å²) in [7, 11) is 3.48. The molecule has 0 fully saturated rings. The highest BCUT2D eigenvalue weighted by Gasteiger charge is 2.10. The van der Waals surface area contributed by atoms with E-state index >= 15 is 0 Å². The van der Waals surface area contributed by atoms with Crippen molar-refractivity contribution in [2.24, 2.45) is 0 Å². The molecule has 0 saturated heterocycles. The van der Waals surface area contributed by atoms with Gasteiger partial charge in [0.2, 0.25) is 5.91 Å². The molecule has 0 heterocycles. The topological polar surface area (TPSA) is 61.4 Å². The van der Waals surface area contributed by atoms with Crippen molar-refractivity contribution in [1.82, 2.24) is 10.2 Å². The maximum atomic E-state index is 12.2. The summed E-state index contributed by atoms with van der Waals surface area (Å²) in [4.78, 5) is 25.4. The molecule has 0 aliphatic carbocycles. The number of nitrogens with one attached hydrogen (secondary N) is 2. The van der Waals surface area contributed by atoms with Gasteiger partial charge in [0.05, 0.1) is 0 Å². The van der Waals surface area contributed by atoms with E-state index in [0.29, 0.717) is 28.5 Å². The van der Waals surface area contributed by atoms with Crippen LogP contribution in [0.2, 0.25) is 10.0 Å². The SMILES string of the molecule is CN(C)C(=O)CCc1ccc(NC(=S)NC(=O)c2cc(Cl)cc(Cl)c2)cc1. The van der Waals surface area contributed by atoms with Crippen molar-refractivity contribution >= 4 is 58.0 Å². The monoisotopic (exact) mass is 423 g/mol. The highest BCUT2D eigenvalue weighted by molar-refractivity contribution is 7.80. The zero-order valence-corrected chi connectivity index (χ0v) is 17.2. The molecular weight excluding hydrogens is 405 g/mol. The van der Waals surface area contributed by atoms with Gasteiger partial charge in [-0.3, -0.25) is 14.9 Å². The van der Waals surface area contributed by atoms with Gasteiger partial charge in [-0.1, -0.05) is 35.3 Å². The smallest absolute Gasteiger partial charge is 0.257 e. The van der Waals surface area contributed by atoms with Crippen LogP contribution >= 0.6 is 35.4 Å². The molecule has 0 unspecified atom stereocenters. The normalized spacial score (nSPS) is 10.2. The molecule has 8 heteroatoms. The molecule has 2 N–H and O–H groups in total. The van der Waals surface area contributed by atoms with Crippen LogP contribution in [0.5, 0.6) is 0 Å². The molecule has 27 heavy (non-hydrogen) atoms. The first kappa shape index (κ1) is 21.2. The highest BCUT2D eigenvalue weighted by Crippen LogP contribution is 2.19. The van der Waals surface area contributed by atoms with Gasteiger partial charge in [-0.25, -0.2) is 0 Å². The van der Waals surface area contributed by atoms with E-state index in [1.165, 1.54) is 12.1 Å². The number of nitrogens with zero attached hydrogens (tertiary/aromatic N) is 1. The summed E-state index contributed by atoms with van der Waals surface area (Å²) in [5.41, 5.74) is 2.09. The van der Waals surface area contributed by atoms with E-state index in [-0.39, 0.29) is 11.0 Å². The van der Waals surface area contributed by atoms with Crippen LogP contribution in [0.15, 0.2) is 42.5 Å². The fraction of sp³-hybridized carbons (Fsp3) is 0.211. The number of benzene rings is 2. The van der Waals surface area contributed by atoms with Crippen molar-refractivity contribution in [1.29, 1.82) is 0 Å². The minimum absolute atomic E-state index is 0.0854. The average molecular weight is 424 g/mol. The largest absolute Gasteiger partial charge is 0.349 e. The summed E-state index contributed by atoms with van der Waals surface area (Å²) in [6.45, 7) is 0.